The highest BCUT2D eigenvalue weighted by Gasteiger charge is 2.58. The average Bonchev–Trinajstić information content (AvgIpc) is 2.75. The predicted molar refractivity (Wildman–Crippen MR) is 97.6 cm³/mol. The van der Waals surface area contributed by atoms with E-state index in [9.17, 15) is 50.4 Å². The highest BCUT2D eigenvalue weighted by atomic mass is 16.7. The fourth-order valence-electron chi connectivity index (χ4n) is 3.49. The van der Waals surface area contributed by atoms with Crippen LogP contribution in [0.2, 0.25) is 0 Å². The Morgan fingerprint density at radius 3 is 1.61 bits per heavy atom. The summed E-state index contributed by atoms with van der Waals surface area (Å²) in [4.78, 5) is 25.4. The van der Waals surface area contributed by atoms with Gasteiger partial charge < -0.3 is 61.8 Å². The van der Waals surface area contributed by atoms with E-state index in [2.05, 4.69) is 6.58 Å². The van der Waals surface area contributed by atoms with E-state index in [0.29, 0.717) is 0 Å². The summed E-state index contributed by atoms with van der Waals surface area (Å²) in [5.41, 5.74) is 10.5. The van der Waals surface area contributed by atoms with Crippen molar-refractivity contribution in [1.29, 1.82) is 0 Å². The van der Waals surface area contributed by atoms with E-state index in [1.165, 1.54) is 0 Å². The number of ether oxygens (including phenoxy) is 2. The molecule has 0 radical (unpaired) electrons. The first kappa shape index (κ1) is 25.9. The monoisotopic (exact) mass is 452 g/mol. The molecule has 14 heteroatoms. The van der Waals surface area contributed by atoms with Crippen LogP contribution in [0.15, 0.2) is 12.2 Å². The number of Topliss-reactive ketones (excluding diaryl/α,β-unsaturated/α-hetero) is 2. The van der Waals surface area contributed by atoms with Crippen molar-refractivity contribution in [2.45, 2.75) is 66.7 Å². The van der Waals surface area contributed by atoms with Gasteiger partial charge in [-0.25, -0.2) is 0 Å². The molecule has 14 nitrogen and oxygen atoms in total. The molecule has 2 saturated heterocycles. The lowest BCUT2D eigenvalue weighted by molar-refractivity contribution is -0.298. The SMILES string of the molecule is C=C(CC(=O)[C@]1(O)O[C@H](CO)[C@@H](O)[C@H](O)[C@H]1N)C(=O)[C@]1(O)O[C@H](CO)[C@@H](O)[C@H](O)[C@H]1N. The van der Waals surface area contributed by atoms with Crippen molar-refractivity contribution in [1.82, 2.24) is 0 Å². The minimum absolute atomic E-state index is 0.686. The summed E-state index contributed by atoms with van der Waals surface area (Å²) in [6.45, 7) is 1.55. The predicted octanol–water partition coefficient (Wildman–Crippen LogP) is -6.67. The van der Waals surface area contributed by atoms with Gasteiger partial charge in [0.1, 0.15) is 36.6 Å². The fraction of sp³-hybridized carbons (Fsp3) is 0.765. The number of hydrogen-bond acceptors (Lipinski definition) is 14. The lowest BCUT2D eigenvalue weighted by atomic mass is 9.83. The molecule has 2 fully saturated rings. The molecule has 10 atom stereocenters. The van der Waals surface area contributed by atoms with Crippen LogP contribution in [0.3, 0.4) is 0 Å². The summed E-state index contributed by atoms with van der Waals surface area (Å²) in [6, 6.07) is -3.76. The second kappa shape index (κ2) is 9.22. The molecular formula is C17H28N2O12. The van der Waals surface area contributed by atoms with Crippen LogP contribution in [0.1, 0.15) is 6.42 Å². The van der Waals surface area contributed by atoms with Gasteiger partial charge in [0.2, 0.25) is 17.4 Å². The molecular weight excluding hydrogens is 424 g/mol. The molecule has 0 aliphatic carbocycles. The van der Waals surface area contributed by atoms with Gasteiger partial charge in [-0.3, -0.25) is 9.59 Å². The van der Waals surface area contributed by atoms with Gasteiger partial charge >= 0.3 is 0 Å². The minimum Gasteiger partial charge on any atom is -0.394 e. The summed E-state index contributed by atoms with van der Waals surface area (Å²) >= 11 is 0. The van der Waals surface area contributed by atoms with E-state index in [-0.39, 0.29) is 0 Å². The van der Waals surface area contributed by atoms with Crippen molar-refractivity contribution in [2.75, 3.05) is 13.2 Å². The fourth-order valence-corrected chi connectivity index (χ4v) is 3.49. The van der Waals surface area contributed by atoms with E-state index in [1.807, 2.05) is 0 Å². The Morgan fingerprint density at radius 2 is 1.19 bits per heavy atom. The van der Waals surface area contributed by atoms with Gasteiger partial charge in [0.05, 0.1) is 25.3 Å². The van der Waals surface area contributed by atoms with Gasteiger partial charge in [-0.05, 0) is 0 Å². The maximum absolute atomic E-state index is 12.7. The molecule has 12 N–H and O–H groups in total. The standard InChI is InChI=1S/C17H28N2O12/c1-5(15(27)17(29)14(19)12(26)10(24)7(4-21)31-17)2-8(22)16(28)13(18)11(25)9(23)6(3-20)30-16/h6-7,9-14,20-21,23-26,28-29H,1-4,18-19H2/t6-,7-,9-,10-,11+,12+,13-,14-,16+,17-/m1/s1. The van der Waals surface area contributed by atoms with E-state index >= 15 is 0 Å². The summed E-state index contributed by atoms with van der Waals surface area (Å²) in [6.07, 6.45) is -11.4. The third-order valence-electron chi connectivity index (χ3n) is 5.54. The van der Waals surface area contributed by atoms with Crippen molar-refractivity contribution in [2.24, 2.45) is 11.5 Å². The topological polar surface area (TPSA) is 266 Å². The lowest BCUT2D eigenvalue weighted by Crippen LogP contribution is -2.72. The number of nitrogens with two attached hydrogens (primary N) is 2. The molecule has 0 aromatic heterocycles. The quantitative estimate of drug-likeness (QED) is 0.161. The molecule has 2 rings (SSSR count). The zero-order valence-corrected chi connectivity index (χ0v) is 16.3. The van der Waals surface area contributed by atoms with E-state index < -0.39 is 97.1 Å². The number of ketones is 2. The van der Waals surface area contributed by atoms with Crippen molar-refractivity contribution in [3.05, 3.63) is 12.2 Å². The number of aliphatic hydroxyl groups excluding tert-OH is 6. The molecule has 2 heterocycles. The van der Waals surface area contributed by atoms with Gasteiger partial charge in [-0.1, -0.05) is 6.58 Å². The largest absolute Gasteiger partial charge is 0.394 e. The first-order valence-corrected chi connectivity index (χ1v) is 9.27. The average molecular weight is 452 g/mol. The second-order valence-corrected chi connectivity index (χ2v) is 7.62. The maximum Gasteiger partial charge on any atom is 0.249 e. The number of rotatable bonds is 7. The summed E-state index contributed by atoms with van der Waals surface area (Å²) in [7, 11) is 0. The Hall–Kier alpha value is -1.40. The van der Waals surface area contributed by atoms with Crippen molar-refractivity contribution >= 4 is 11.6 Å². The molecule has 178 valence electrons. The number of carbonyl (C=O) groups is 2. The van der Waals surface area contributed by atoms with E-state index in [4.69, 9.17) is 20.9 Å². The zero-order chi connectivity index (χ0) is 23.9. The number of aliphatic hydroxyl groups is 8. The van der Waals surface area contributed by atoms with Crippen LogP contribution in [0.5, 0.6) is 0 Å². The van der Waals surface area contributed by atoms with Crippen LogP contribution in [0, 0.1) is 0 Å². The van der Waals surface area contributed by atoms with Gasteiger partial charge in [-0.15, -0.1) is 0 Å². The normalized spacial score (nSPS) is 45.9. The van der Waals surface area contributed by atoms with Gasteiger partial charge in [0, 0.05) is 12.0 Å². The van der Waals surface area contributed by atoms with Gasteiger partial charge in [-0.2, -0.15) is 0 Å². The molecule has 0 unspecified atom stereocenters. The lowest BCUT2D eigenvalue weighted by Gasteiger charge is -2.46. The minimum atomic E-state index is -2.98. The molecule has 0 aromatic carbocycles. The highest BCUT2D eigenvalue weighted by Crippen LogP contribution is 2.33. The molecule has 0 spiro atoms. The molecule has 2 aliphatic heterocycles. The Bertz CT molecular complexity index is 717. The zero-order valence-electron chi connectivity index (χ0n) is 16.3. The summed E-state index contributed by atoms with van der Waals surface area (Å²) in [5.74, 6) is -8.62. The smallest absolute Gasteiger partial charge is 0.249 e. The first-order chi connectivity index (χ1) is 14.3. The number of hydrogen-bond donors (Lipinski definition) is 10. The van der Waals surface area contributed by atoms with Crippen molar-refractivity contribution in [3.63, 3.8) is 0 Å². The second-order valence-electron chi connectivity index (χ2n) is 7.62. The molecule has 0 aromatic rings. The van der Waals surface area contributed by atoms with Crippen LogP contribution >= 0.6 is 0 Å². The summed E-state index contributed by atoms with van der Waals surface area (Å²) < 4.78 is 9.93. The van der Waals surface area contributed by atoms with Crippen LogP contribution < -0.4 is 11.5 Å². The van der Waals surface area contributed by atoms with Crippen LogP contribution in [-0.4, -0.2) is 126 Å². The summed E-state index contributed by atoms with van der Waals surface area (Å²) in [5, 5.41) is 79.1. The van der Waals surface area contributed by atoms with Gasteiger partial charge in [0.25, 0.3) is 0 Å². The Morgan fingerprint density at radius 1 is 0.806 bits per heavy atom. The molecule has 0 saturated carbocycles. The number of carbonyl (C=O) groups excluding carboxylic acids is 2. The maximum atomic E-state index is 12.7. The molecule has 2 aliphatic rings. The van der Waals surface area contributed by atoms with Crippen LogP contribution in [0.4, 0.5) is 0 Å². The Labute approximate surface area is 175 Å². The van der Waals surface area contributed by atoms with E-state index in [1.54, 1.807) is 0 Å². The highest BCUT2D eigenvalue weighted by molar-refractivity contribution is 6.05. The molecule has 0 bridgehead atoms. The Kier molecular flexibility index (Phi) is 7.69. The van der Waals surface area contributed by atoms with Crippen LogP contribution in [0.25, 0.3) is 0 Å². The first-order valence-electron chi connectivity index (χ1n) is 9.27. The van der Waals surface area contributed by atoms with Crippen molar-refractivity contribution < 1.29 is 59.9 Å². The van der Waals surface area contributed by atoms with Crippen LogP contribution in [-0.2, 0) is 19.1 Å². The third-order valence-corrected chi connectivity index (χ3v) is 5.54. The Balaban J connectivity index is 2.22. The van der Waals surface area contributed by atoms with Crippen molar-refractivity contribution in [3.8, 4) is 0 Å². The van der Waals surface area contributed by atoms with Gasteiger partial charge in [0.15, 0.2) is 5.78 Å². The molecule has 31 heavy (non-hydrogen) atoms. The molecule has 0 amide bonds. The van der Waals surface area contributed by atoms with E-state index in [0.717, 1.165) is 0 Å². The third kappa shape index (κ3) is 4.30.